The molecule has 0 aliphatic carbocycles. The van der Waals surface area contributed by atoms with Crippen molar-refractivity contribution >= 4 is 30.1 Å². The lowest BCUT2D eigenvalue weighted by atomic mass is 10.1. The number of thioether (sulfide) groups is 1. The van der Waals surface area contributed by atoms with Crippen molar-refractivity contribution < 1.29 is 18.0 Å². The normalized spacial score (nSPS) is 16.8. The molecule has 1 fully saturated rings. The van der Waals surface area contributed by atoms with Gasteiger partial charge < -0.3 is 10.6 Å². The summed E-state index contributed by atoms with van der Waals surface area (Å²) in [4.78, 5) is 14.6. The predicted octanol–water partition coefficient (Wildman–Crippen LogP) is 3.17. The van der Waals surface area contributed by atoms with E-state index in [0.29, 0.717) is 31.7 Å². The molecule has 148 valence electrons. The molecule has 1 heterocycles. The van der Waals surface area contributed by atoms with Gasteiger partial charge in [0.1, 0.15) is 6.04 Å². The van der Waals surface area contributed by atoms with Gasteiger partial charge in [-0.05, 0) is 12.1 Å². The highest BCUT2D eigenvalue weighted by atomic mass is 35.5. The molecular weight excluding hydrogens is 387 g/mol. The molecule has 1 aromatic rings. The Kier molecular flexibility index (Phi) is 9.23. The number of nitrogens with one attached hydrogen (secondary N) is 2. The van der Waals surface area contributed by atoms with Crippen LogP contribution in [0.4, 0.5) is 13.2 Å². The van der Waals surface area contributed by atoms with Gasteiger partial charge in [-0.1, -0.05) is 26.0 Å². The molecule has 4 nitrogen and oxygen atoms in total. The first-order valence-electron chi connectivity index (χ1n) is 8.34. The average molecular weight is 412 g/mol. The summed E-state index contributed by atoms with van der Waals surface area (Å²) in [5.41, 5.74) is 0.419. The smallest absolute Gasteiger partial charge is 0.350 e. The van der Waals surface area contributed by atoms with Crippen LogP contribution >= 0.6 is 24.2 Å². The quantitative estimate of drug-likeness (QED) is 0.706. The number of carbonyl (C=O) groups excluding carboxylic acids is 1. The van der Waals surface area contributed by atoms with Crippen molar-refractivity contribution in [2.24, 2.45) is 0 Å². The van der Waals surface area contributed by atoms with Gasteiger partial charge in [0.2, 0.25) is 0 Å². The predicted molar refractivity (Wildman–Crippen MR) is 101 cm³/mol. The van der Waals surface area contributed by atoms with Crippen molar-refractivity contribution in [2.45, 2.75) is 36.2 Å². The third kappa shape index (κ3) is 6.64. The van der Waals surface area contributed by atoms with Crippen LogP contribution in [0.3, 0.4) is 0 Å². The van der Waals surface area contributed by atoms with Crippen LogP contribution in [0.15, 0.2) is 29.2 Å². The minimum absolute atomic E-state index is 0. The van der Waals surface area contributed by atoms with Gasteiger partial charge in [-0.25, -0.2) is 0 Å². The first-order chi connectivity index (χ1) is 11.8. The highest BCUT2D eigenvalue weighted by molar-refractivity contribution is 8.00. The summed E-state index contributed by atoms with van der Waals surface area (Å²) in [5.74, 6) is -0.465. The van der Waals surface area contributed by atoms with Crippen LogP contribution in [0.25, 0.3) is 0 Å². The number of benzene rings is 1. The topological polar surface area (TPSA) is 44.4 Å². The van der Waals surface area contributed by atoms with E-state index in [9.17, 15) is 18.0 Å². The third-order valence-corrected chi connectivity index (χ3v) is 5.00. The summed E-state index contributed by atoms with van der Waals surface area (Å²) in [5, 5.41) is 5.80. The van der Waals surface area contributed by atoms with Gasteiger partial charge >= 0.3 is 6.18 Å². The molecule has 0 aromatic heterocycles. The van der Waals surface area contributed by atoms with E-state index in [1.54, 1.807) is 12.1 Å². The Balaban J connectivity index is 0.00000338. The molecular formula is C17H25ClF3N3OS. The van der Waals surface area contributed by atoms with Gasteiger partial charge in [0.15, 0.2) is 0 Å². The van der Waals surface area contributed by atoms with Gasteiger partial charge in [-0.2, -0.15) is 13.2 Å². The summed E-state index contributed by atoms with van der Waals surface area (Å²) < 4.78 is 40.2. The minimum Gasteiger partial charge on any atom is -0.350 e. The molecule has 0 bridgehead atoms. The lowest BCUT2D eigenvalue weighted by Crippen LogP contribution is -2.57. The zero-order valence-corrected chi connectivity index (χ0v) is 16.4. The number of alkyl halides is 3. The fraction of sp³-hybridized carbons (Fsp3) is 0.588. The molecule has 2 rings (SSSR count). The Labute approximate surface area is 162 Å². The maximum Gasteiger partial charge on any atom is 0.405 e. The number of nitrogens with zero attached hydrogens (tertiary/aromatic N) is 1. The number of piperazine rings is 1. The van der Waals surface area contributed by atoms with Crippen LogP contribution in [0.5, 0.6) is 0 Å². The zero-order valence-electron chi connectivity index (χ0n) is 14.8. The molecule has 0 radical (unpaired) electrons. The van der Waals surface area contributed by atoms with Crippen LogP contribution < -0.4 is 10.6 Å². The van der Waals surface area contributed by atoms with Crippen LogP contribution in [-0.2, 0) is 0 Å². The molecule has 2 N–H and O–H groups in total. The van der Waals surface area contributed by atoms with Crippen molar-refractivity contribution in [3.63, 3.8) is 0 Å². The average Bonchev–Trinajstić information content (AvgIpc) is 2.54. The van der Waals surface area contributed by atoms with E-state index < -0.39 is 24.7 Å². The second-order valence-electron chi connectivity index (χ2n) is 6.22. The number of amides is 1. The van der Waals surface area contributed by atoms with Gasteiger partial charge in [0.25, 0.3) is 5.91 Å². The molecule has 26 heavy (non-hydrogen) atoms. The van der Waals surface area contributed by atoms with Crippen molar-refractivity contribution in [3.8, 4) is 0 Å². The lowest BCUT2D eigenvalue weighted by Gasteiger charge is -2.36. The van der Waals surface area contributed by atoms with E-state index in [-0.39, 0.29) is 17.7 Å². The summed E-state index contributed by atoms with van der Waals surface area (Å²) in [6, 6.07) is 5.34. The van der Waals surface area contributed by atoms with Crippen molar-refractivity contribution in [3.05, 3.63) is 29.8 Å². The largest absolute Gasteiger partial charge is 0.405 e. The number of halogens is 4. The molecule has 0 saturated carbocycles. The standard InChI is InChI=1S/C17H24F3N3OS.ClH/c1-12(2)25-14-6-4-3-5-13(14)16(24)22-11-15(17(18,19)20)23-9-7-21-8-10-23;/h3-6,12,15,21H,7-11H2,1-2H3,(H,22,24);1H. The van der Waals surface area contributed by atoms with Gasteiger partial charge in [0, 0.05) is 42.9 Å². The van der Waals surface area contributed by atoms with E-state index >= 15 is 0 Å². The Hall–Kier alpha value is -0.960. The van der Waals surface area contributed by atoms with Crippen LogP contribution in [0.1, 0.15) is 24.2 Å². The monoisotopic (exact) mass is 411 g/mol. The Morgan fingerprint density at radius 1 is 1.27 bits per heavy atom. The van der Waals surface area contributed by atoms with E-state index in [1.807, 2.05) is 26.0 Å². The summed E-state index contributed by atoms with van der Waals surface area (Å²) in [6.45, 7) is 5.25. The Morgan fingerprint density at radius 2 is 1.88 bits per heavy atom. The van der Waals surface area contributed by atoms with Crippen molar-refractivity contribution in [2.75, 3.05) is 32.7 Å². The number of rotatable bonds is 6. The molecule has 1 atom stereocenters. The number of hydrogen-bond acceptors (Lipinski definition) is 4. The lowest BCUT2D eigenvalue weighted by molar-refractivity contribution is -0.183. The minimum atomic E-state index is -4.38. The van der Waals surface area contributed by atoms with E-state index in [2.05, 4.69) is 10.6 Å². The van der Waals surface area contributed by atoms with E-state index in [4.69, 9.17) is 0 Å². The van der Waals surface area contributed by atoms with Gasteiger partial charge in [-0.3, -0.25) is 9.69 Å². The van der Waals surface area contributed by atoms with Crippen LogP contribution in [0.2, 0.25) is 0 Å². The van der Waals surface area contributed by atoms with E-state index in [1.165, 1.54) is 16.7 Å². The van der Waals surface area contributed by atoms with Gasteiger partial charge in [-0.15, -0.1) is 24.2 Å². The SMILES string of the molecule is CC(C)Sc1ccccc1C(=O)NCC(N1CCNCC1)C(F)(F)F.Cl. The second kappa shape index (κ2) is 10.4. The van der Waals surface area contributed by atoms with Crippen molar-refractivity contribution in [1.82, 2.24) is 15.5 Å². The highest BCUT2D eigenvalue weighted by Crippen LogP contribution is 2.27. The highest BCUT2D eigenvalue weighted by Gasteiger charge is 2.43. The number of carbonyl (C=O) groups is 1. The van der Waals surface area contributed by atoms with Crippen LogP contribution in [0, 0.1) is 0 Å². The fourth-order valence-corrected chi connectivity index (χ4v) is 3.69. The third-order valence-electron chi connectivity index (χ3n) is 3.92. The Morgan fingerprint density at radius 3 is 2.46 bits per heavy atom. The fourth-order valence-electron chi connectivity index (χ4n) is 2.74. The summed E-state index contributed by atoms with van der Waals surface area (Å²) in [6.07, 6.45) is -4.38. The molecule has 1 unspecified atom stereocenters. The second-order valence-corrected chi connectivity index (χ2v) is 7.83. The first kappa shape index (κ1) is 23.1. The van der Waals surface area contributed by atoms with E-state index in [0.717, 1.165) is 4.90 Å². The number of hydrogen-bond donors (Lipinski definition) is 2. The molecule has 1 amide bonds. The molecule has 9 heteroatoms. The molecule has 1 aromatic carbocycles. The molecule has 1 aliphatic rings. The van der Waals surface area contributed by atoms with Crippen LogP contribution in [-0.4, -0.2) is 61.0 Å². The molecule has 1 saturated heterocycles. The molecule has 0 spiro atoms. The summed E-state index contributed by atoms with van der Waals surface area (Å²) in [7, 11) is 0. The molecule has 1 aliphatic heterocycles. The maximum absolute atomic E-state index is 13.4. The van der Waals surface area contributed by atoms with Crippen molar-refractivity contribution in [1.29, 1.82) is 0 Å². The zero-order chi connectivity index (χ0) is 18.4. The Bertz CT molecular complexity index is 581. The van der Waals surface area contributed by atoms with Gasteiger partial charge in [0.05, 0.1) is 5.56 Å². The summed E-state index contributed by atoms with van der Waals surface area (Å²) >= 11 is 1.52. The first-order valence-corrected chi connectivity index (χ1v) is 9.22. The maximum atomic E-state index is 13.4.